The molecule has 2 N–H and O–H groups in total. The predicted octanol–water partition coefficient (Wildman–Crippen LogP) is 5.28. The predicted molar refractivity (Wildman–Crippen MR) is 111 cm³/mol. The first-order valence-corrected chi connectivity index (χ1v) is 9.04. The van der Waals surface area contributed by atoms with Crippen LogP contribution in [0.1, 0.15) is 11.1 Å². The van der Waals surface area contributed by atoms with Gasteiger partial charge in [0.1, 0.15) is 12.4 Å². The van der Waals surface area contributed by atoms with Gasteiger partial charge in [0.15, 0.2) is 0 Å². The van der Waals surface area contributed by atoms with E-state index in [2.05, 4.69) is 10.6 Å². The molecule has 0 aliphatic carbocycles. The third kappa shape index (κ3) is 5.76. The molecule has 1 amide bonds. The zero-order valence-electron chi connectivity index (χ0n) is 15.0. The summed E-state index contributed by atoms with van der Waals surface area (Å²) in [7, 11) is 0. The molecule has 0 radical (unpaired) electrons. The minimum atomic E-state index is -0.144. The zero-order chi connectivity index (χ0) is 19.1. The molecule has 0 spiro atoms. The second-order valence-corrected chi connectivity index (χ2v) is 6.60. The molecule has 0 saturated heterocycles. The molecule has 0 saturated carbocycles. The third-order valence-electron chi connectivity index (χ3n) is 4.01. The van der Waals surface area contributed by atoms with E-state index in [1.54, 1.807) is 0 Å². The highest BCUT2D eigenvalue weighted by atomic mass is 35.5. The van der Waals surface area contributed by atoms with Gasteiger partial charge in [0.05, 0.1) is 6.54 Å². The Balaban J connectivity index is 1.54. The van der Waals surface area contributed by atoms with Gasteiger partial charge >= 0.3 is 0 Å². The van der Waals surface area contributed by atoms with Crippen LogP contribution in [0.3, 0.4) is 0 Å². The molecule has 3 rings (SSSR count). The Kier molecular flexibility index (Phi) is 6.34. The lowest BCUT2D eigenvalue weighted by Gasteiger charge is -2.11. The number of ether oxygens (including phenoxy) is 1. The minimum Gasteiger partial charge on any atom is -0.489 e. The second-order valence-electron chi connectivity index (χ2n) is 6.16. The van der Waals surface area contributed by atoms with Crippen molar-refractivity contribution in [2.75, 3.05) is 17.2 Å². The molecule has 3 aromatic rings. The maximum absolute atomic E-state index is 12.2. The first-order chi connectivity index (χ1) is 13.1. The molecule has 0 aromatic heterocycles. The number of carbonyl (C=O) groups is 1. The molecule has 138 valence electrons. The Hall–Kier alpha value is -2.98. The van der Waals surface area contributed by atoms with E-state index in [-0.39, 0.29) is 12.5 Å². The lowest BCUT2D eigenvalue weighted by Crippen LogP contribution is -2.22. The van der Waals surface area contributed by atoms with Gasteiger partial charge in [-0.1, -0.05) is 54.1 Å². The summed E-state index contributed by atoms with van der Waals surface area (Å²) in [6.45, 7) is 2.59. The molecule has 3 aromatic carbocycles. The smallest absolute Gasteiger partial charge is 0.243 e. The number of benzene rings is 3. The van der Waals surface area contributed by atoms with Crippen LogP contribution in [0, 0.1) is 6.92 Å². The summed E-state index contributed by atoms with van der Waals surface area (Å²) in [5, 5.41) is 6.61. The van der Waals surface area contributed by atoms with Crippen molar-refractivity contribution < 1.29 is 9.53 Å². The van der Waals surface area contributed by atoms with Crippen LogP contribution in [-0.2, 0) is 11.4 Å². The first kappa shape index (κ1) is 18.8. The number of amides is 1. The van der Waals surface area contributed by atoms with Crippen LogP contribution in [0.25, 0.3) is 0 Å². The van der Waals surface area contributed by atoms with Crippen molar-refractivity contribution in [3.8, 4) is 5.75 Å². The Morgan fingerprint density at radius 3 is 2.63 bits per heavy atom. The number of hydrogen-bond acceptors (Lipinski definition) is 3. The average molecular weight is 381 g/mol. The van der Waals surface area contributed by atoms with Gasteiger partial charge in [0, 0.05) is 22.5 Å². The standard InChI is InChI=1S/C22H21ClN2O2/c1-16-10-11-18(23)12-21(16)24-14-22(26)25-19-8-5-9-20(13-19)27-15-17-6-3-2-4-7-17/h2-13,24H,14-15H2,1H3,(H,25,26). The second kappa shape index (κ2) is 9.10. The Bertz CT molecular complexity index is 913. The molecule has 5 heteroatoms. The van der Waals surface area contributed by atoms with Gasteiger partial charge in [-0.25, -0.2) is 0 Å². The van der Waals surface area contributed by atoms with Crippen molar-refractivity contribution in [3.05, 3.63) is 88.9 Å². The number of aryl methyl sites for hydroxylation is 1. The summed E-state index contributed by atoms with van der Waals surface area (Å²) in [5.74, 6) is 0.560. The summed E-state index contributed by atoms with van der Waals surface area (Å²) in [5.41, 5.74) is 3.66. The van der Waals surface area contributed by atoms with Crippen LogP contribution < -0.4 is 15.4 Å². The van der Waals surface area contributed by atoms with Crippen molar-refractivity contribution in [2.24, 2.45) is 0 Å². The quantitative estimate of drug-likeness (QED) is 0.586. The van der Waals surface area contributed by atoms with E-state index < -0.39 is 0 Å². The molecule has 0 aliphatic rings. The Morgan fingerprint density at radius 2 is 1.81 bits per heavy atom. The lowest BCUT2D eigenvalue weighted by molar-refractivity contribution is -0.114. The van der Waals surface area contributed by atoms with Crippen LogP contribution in [-0.4, -0.2) is 12.5 Å². The fraction of sp³-hybridized carbons (Fsp3) is 0.136. The summed E-state index contributed by atoms with van der Waals surface area (Å²) in [6.07, 6.45) is 0. The van der Waals surface area contributed by atoms with Crippen molar-refractivity contribution in [1.29, 1.82) is 0 Å². The van der Waals surface area contributed by atoms with Crippen LogP contribution in [0.15, 0.2) is 72.8 Å². The number of nitrogens with one attached hydrogen (secondary N) is 2. The highest BCUT2D eigenvalue weighted by Crippen LogP contribution is 2.21. The summed E-state index contributed by atoms with van der Waals surface area (Å²) >= 11 is 6.00. The zero-order valence-corrected chi connectivity index (χ0v) is 15.8. The lowest BCUT2D eigenvalue weighted by atomic mass is 10.2. The van der Waals surface area contributed by atoms with E-state index in [1.807, 2.05) is 79.7 Å². The molecule has 0 unspecified atom stereocenters. The van der Waals surface area contributed by atoms with Crippen LogP contribution in [0.2, 0.25) is 5.02 Å². The Labute approximate surface area is 164 Å². The summed E-state index contributed by atoms with van der Waals surface area (Å²) in [4.78, 5) is 12.2. The van der Waals surface area contributed by atoms with Gasteiger partial charge in [-0.3, -0.25) is 4.79 Å². The van der Waals surface area contributed by atoms with E-state index in [1.165, 1.54) is 0 Å². The molecule has 0 aliphatic heterocycles. The van der Waals surface area contributed by atoms with Crippen molar-refractivity contribution in [2.45, 2.75) is 13.5 Å². The van der Waals surface area contributed by atoms with E-state index in [0.717, 1.165) is 16.8 Å². The molecule has 4 nitrogen and oxygen atoms in total. The molecular formula is C22H21ClN2O2. The fourth-order valence-electron chi connectivity index (χ4n) is 2.57. The normalized spacial score (nSPS) is 10.3. The number of halogens is 1. The SMILES string of the molecule is Cc1ccc(Cl)cc1NCC(=O)Nc1cccc(OCc2ccccc2)c1. The van der Waals surface area contributed by atoms with Crippen LogP contribution in [0.4, 0.5) is 11.4 Å². The van der Waals surface area contributed by atoms with Crippen LogP contribution in [0.5, 0.6) is 5.75 Å². The number of rotatable bonds is 7. The first-order valence-electron chi connectivity index (χ1n) is 8.67. The van der Waals surface area contributed by atoms with E-state index in [0.29, 0.717) is 23.1 Å². The maximum Gasteiger partial charge on any atom is 0.243 e. The molecule has 27 heavy (non-hydrogen) atoms. The fourth-order valence-corrected chi connectivity index (χ4v) is 2.74. The molecule has 0 fully saturated rings. The Morgan fingerprint density at radius 1 is 1.00 bits per heavy atom. The van der Waals surface area contributed by atoms with Crippen molar-refractivity contribution >= 4 is 28.9 Å². The number of hydrogen-bond donors (Lipinski definition) is 2. The van der Waals surface area contributed by atoms with Gasteiger partial charge in [0.25, 0.3) is 0 Å². The topological polar surface area (TPSA) is 50.4 Å². The van der Waals surface area contributed by atoms with Crippen molar-refractivity contribution in [3.63, 3.8) is 0 Å². The molecule has 0 atom stereocenters. The van der Waals surface area contributed by atoms with E-state index >= 15 is 0 Å². The molecular weight excluding hydrogens is 360 g/mol. The van der Waals surface area contributed by atoms with Crippen molar-refractivity contribution in [1.82, 2.24) is 0 Å². The van der Waals surface area contributed by atoms with Gasteiger partial charge in [0.2, 0.25) is 5.91 Å². The summed E-state index contributed by atoms with van der Waals surface area (Å²) < 4.78 is 5.79. The largest absolute Gasteiger partial charge is 0.489 e. The minimum absolute atomic E-state index is 0.144. The van der Waals surface area contributed by atoms with Gasteiger partial charge < -0.3 is 15.4 Å². The maximum atomic E-state index is 12.2. The number of carbonyl (C=O) groups excluding carboxylic acids is 1. The highest BCUT2D eigenvalue weighted by Gasteiger charge is 2.06. The van der Waals surface area contributed by atoms with Gasteiger partial charge in [-0.05, 0) is 42.3 Å². The average Bonchev–Trinajstić information content (AvgIpc) is 2.68. The van der Waals surface area contributed by atoms with E-state index in [9.17, 15) is 4.79 Å². The number of anilines is 2. The summed E-state index contributed by atoms with van der Waals surface area (Å²) in [6, 6.07) is 22.8. The van der Waals surface area contributed by atoms with Crippen LogP contribution >= 0.6 is 11.6 Å². The molecule has 0 heterocycles. The highest BCUT2D eigenvalue weighted by molar-refractivity contribution is 6.30. The molecule has 0 bridgehead atoms. The van der Waals surface area contributed by atoms with E-state index in [4.69, 9.17) is 16.3 Å². The third-order valence-corrected chi connectivity index (χ3v) is 4.24. The van der Waals surface area contributed by atoms with Gasteiger partial charge in [-0.2, -0.15) is 0 Å². The monoisotopic (exact) mass is 380 g/mol. The van der Waals surface area contributed by atoms with Gasteiger partial charge in [-0.15, -0.1) is 0 Å².